The minimum Gasteiger partial charge on any atom is -0.0837 e. The lowest BCUT2D eigenvalue weighted by Gasteiger charge is -2.04. The molecule has 1 heteroatoms. The summed E-state index contributed by atoms with van der Waals surface area (Å²) in [6, 6.07) is 6.14. The van der Waals surface area contributed by atoms with E-state index in [1.54, 1.807) is 0 Å². The highest BCUT2D eigenvalue weighted by Crippen LogP contribution is 2.33. The Balaban J connectivity index is 2.43. The third-order valence-corrected chi connectivity index (χ3v) is 2.94. The maximum absolute atomic E-state index is 6.10. The van der Waals surface area contributed by atoms with E-state index in [2.05, 4.69) is 26.0 Å². The van der Waals surface area contributed by atoms with Crippen LogP contribution >= 0.6 is 11.6 Å². The Morgan fingerprint density at radius 3 is 2.69 bits per heavy atom. The second-order valence-corrected chi connectivity index (χ2v) is 4.27. The number of halogens is 1. The van der Waals surface area contributed by atoms with E-state index < -0.39 is 0 Å². The minimum atomic E-state index is 0.628. The van der Waals surface area contributed by atoms with Crippen molar-refractivity contribution in [1.82, 2.24) is 0 Å². The highest BCUT2D eigenvalue weighted by atomic mass is 35.5. The quantitative estimate of drug-likeness (QED) is 0.633. The molecule has 2 rings (SSSR count). The van der Waals surface area contributed by atoms with Gasteiger partial charge in [-0.25, -0.2) is 0 Å². The monoisotopic (exact) mass is 192 g/mol. The molecule has 1 aromatic carbocycles. The summed E-state index contributed by atoms with van der Waals surface area (Å²) in [4.78, 5) is 0. The van der Waals surface area contributed by atoms with Crippen molar-refractivity contribution in [2.45, 2.75) is 20.3 Å². The fourth-order valence-corrected chi connectivity index (χ4v) is 1.97. The topological polar surface area (TPSA) is 0 Å². The van der Waals surface area contributed by atoms with Gasteiger partial charge >= 0.3 is 0 Å². The van der Waals surface area contributed by atoms with Gasteiger partial charge in [-0.1, -0.05) is 49.2 Å². The molecule has 0 spiro atoms. The van der Waals surface area contributed by atoms with Gasteiger partial charge in [0.05, 0.1) is 0 Å². The molecule has 0 aromatic heterocycles. The van der Waals surface area contributed by atoms with Crippen LogP contribution in [0.25, 0.3) is 6.08 Å². The zero-order valence-electron chi connectivity index (χ0n) is 7.97. The van der Waals surface area contributed by atoms with Crippen LogP contribution < -0.4 is 0 Å². The normalized spacial score (nSPS) is 14.6. The van der Waals surface area contributed by atoms with Crippen molar-refractivity contribution in [3.05, 3.63) is 39.9 Å². The lowest BCUT2D eigenvalue weighted by molar-refractivity contribution is 0.754. The largest absolute Gasteiger partial charge is 0.0837 e. The van der Waals surface area contributed by atoms with Crippen molar-refractivity contribution >= 4 is 17.7 Å². The highest BCUT2D eigenvalue weighted by molar-refractivity contribution is 6.32. The van der Waals surface area contributed by atoms with Crippen LogP contribution in [-0.4, -0.2) is 0 Å². The molecule has 0 saturated heterocycles. The predicted octanol–water partition coefficient (Wildman–Crippen LogP) is 3.94. The number of hydrogen-bond donors (Lipinski definition) is 0. The molecule has 0 aliphatic heterocycles. The zero-order valence-corrected chi connectivity index (χ0v) is 8.73. The van der Waals surface area contributed by atoms with Crippen molar-refractivity contribution < 1.29 is 0 Å². The van der Waals surface area contributed by atoms with E-state index in [9.17, 15) is 0 Å². The van der Waals surface area contributed by atoms with E-state index in [1.807, 2.05) is 12.1 Å². The smallest absolute Gasteiger partial charge is 0.0481 e. The Bertz CT molecular complexity index is 361. The summed E-state index contributed by atoms with van der Waals surface area (Å²) in [6.45, 7) is 4.46. The van der Waals surface area contributed by atoms with E-state index in [4.69, 9.17) is 11.6 Å². The molecular formula is C12H13Cl. The summed E-state index contributed by atoms with van der Waals surface area (Å²) in [7, 11) is 0. The summed E-state index contributed by atoms with van der Waals surface area (Å²) < 4.78 is 0. The summed E-state index contributed by atoms with van der Waals surface area (Å²) in [5.41, 5.74) is 4.09. The Morgan fingerprint density at radius 1 is 1.31 bits per heavy atom. The lowest BCUT2D eigenvalue weighted by Crippen LogP contribution is -1.92. The van der Waals surface area contributed by atoms with E-state index in [0.717, 1.165) is 11.4 Å². The van der Waals surface area contributed by atoms with Crippen LogP contribution in [0.3, 0.4) is 0 Å². The predicted molar refractivity (Wildman–Crippen MR) is 58.0 cm³/mol. The van der Waals surface area contributed by atoms with Crippen LogP contribution in [0.5, 0.6) is 0 Å². The fraction of sp³-hybridized carbons (Fsp3) is 0.333. The van der Waals surface area contributed by atoms with E-state index in [0.29, 0.717) is 5.92 Å². The highest BCUT2D eigenvalue weighted by Gasteiger charge is 2.16. The van der Waals surface area contributed by atoms with Gasteiger partial charge in [-0.05, 0) is 29.5 Å². The number of hydrogen-bond acceptors (Lipinski definition) is 0. The van der Waals surface area contributed by atoms with Gasteiger partial charge in [0, 0.05) is 5.02 Å². The van der Waals surface area contributed by atoms with Gasteiger partial charge in [-0.15, -0.1) is 0 Å². The average Bonchev–Trinajstić information content (AvgIpc) is 2.49. The first kappa shape index (κ1) is 8.83. The van der Waals surface area contributed by atoms with Gasteiger partial charge < -0.3 is 0 Å². The Kier molecular flexibility index (Phi) is 2.17. The average molecular weight is 193 g/mol. The second-order valence-electron chi connectivity index (χ2n) is 3.86. The first-order chi connectivity index (χ1) is 6.18. The van der Waals surface area contributed by atoms with Crippen molar-refractivity contribution in [2.75, 3.05) is 0 Å². The number of rotatable bonds is 1. The van der Waals surface area contributed by atoms with Gasteiger partial charge in [0.2, 0.25) is 0 Å². The fourth-order valence-electron chi connectivity index (χ4n) is 1.72. The molecule has 13 heavy (non-hydrogen) atoms. The SMILES string of the molecule is CC(C)C1=Cc2c(Cl)cccc2C1. The maximum Gasteiger partial charge on any atom is 0.0481 e. The van der Waals surface area contributed by atoms with Crippen molar-refractivity contribution in [3.8, 4) is 0 Å². The molecule has 0 radical (unpaired) electrons. The molecule has 1 aromatic rings. The maximum atomic E-state index is 6.10. The van der Waals surface area contributed by atoms with Crippen LogP contribution in [0.2, 0.25) is 5.02 Å². The molecule has 0 nitrogen and oxygen atoms in total. The molecule has 0 N–H and O–H groups in total. The van der Waals surface area contributed by atoms with Gasteiger partial charge in [0.25, 0.3) is 0 Å². The third-order valence-electron chi connectivity index (χ3n) is 2.61. The van der Waals surface area contributed by atoms with Crippen LogP contribution in [-0.2, 0) is 6.42 Å². The molecule has 0 atom stereocenters. The van der Waals surface area contributed by atoms with Crippen molar-refractivity contribution in [1.29, 1.82) is 0 Å². The van der Waals surface area contributed by atoms with Crippen molar-refractivity contribution in [3.63, 3.8) is 0 Å². The molecule has 0 amide bonds. The number of benzene rings is 1. The van der Waals surface area contributed by atoms with Gasteiger partial charge in [0.15, 0.2) is 0 Å². The Labute approximate surface area is 84.2 Å². The van der Waals surface area contributed by atoms with E-state index in [1.165, 1.54) is 16.7 Å². The zero-order chi connectivity index (χ0) is 9.42. The minimum absolute atomic E-state index is 0.628. The van der Waals surface area contributed by atoms with Gasteiger partial charge in [0.1, 0.15) is 0 Å². The molecule has 0 heterocycles. The summed E-state index contributed by atoms with van der Waals surface area (Å²) in [6.07, 6.45) is 3.32. The van der Waals surface area contributed by atoms with Crippen LogP contribution in [0, 0.1) is 5.92 Å². The molecule has 1 aliphatic rings. The van der Waals surface area contributed by atoms with E-state index in [-0.39, 0.29) is 0 Å². The van der Waals surface area contributed by atoms with Gasteiger partial charge in [-0.3, -0.25) is 0 Å². The molecule has 68 valence electrons. The van der Waals surface area contributed by atoms with Crippen LogP contribution in [0.1, 0.15) is 25.0 Å². The molecular weight excluding hydrogens is 180 g/mol. The summed E-state index contributed by atoms with van der Waals surface area (Å²) in [5.74, 6) is 0.628. The summed E-state index contributed by atoms with van der Waals surface area (Å²) in [5, 5.41) is 0.883. The first-order valence-corrected chi connectivity index (χ1v) is 5.04. The number of fused-ring (bicyclic) bond motifs is 1. The Morgan fingerprint density at radius 2 is 2.08 bits per heavy atom. The molecule has 0 fully saturated rings. The van der Waals surface area contributed by atoms with Crippen molar-refractivity contribution in [2.24, 2.45) is 5.92 Å². The molecule has 1 aliphatic carbocycles. The molecule has 0 bridgehead atoms. The second kappa shape index (κ2) is 3.19. The van der Waals surface area contributed by atoms with Crippen LogP contribution in [0.15, 0.2) is 23.8 Å². The van der Waals surface area contributed by atoms with Gasteiger partial charge in [-0.2, -0.15) is 0 Å². The lowest BCUT2D eigenvalue weighted by atomic mass is 10.0. The Hall–Kier alpha value is -0.750. The standard InChI is InChI=1S/C12H13Cl/c1-8(2)10-6-9-4-3-5-12(13)11(9)7-10/h3-5,7-8H,6H2,1-2H3. The third kappa shape index (κ3) is 1.51. The number of allylic oxidation sites excluding steroid dienone is 1. The summed E-state index contributed by atoms with van der Waals surface area (Å²) >= 11 is 6.10. The first-order valence-electron chi connectivity index (χ1n) is 4.66. The molecule has 0 unspecified atom stereocenters. The van der Waals surface area contributed by atoms with E-state index >= 15 is 0 Å². The van der Waals surface area contributed by atoms with Crippen LogP contribution in [0.4, 0.5) is 0 Å². The molecule has 0 saturated carbocycles.